The standard InChI is InChI=1S/C10H19N3O/c1-2-8(11)5-10(14)4-3-9-6-12-7-13-9/h6-8,10,14H,2-5,11H2,1H3,(H,12,13). The molecule has 4 nitrogen and oxygen atoms in total. The van der Waals surface area contributed by atoms with E-state index in [9.17, 15) is 5.11 Å². The molecular weight excluding hydrogens is 178 g/mol. The zero-order chi connectivity index (χ0) is 10.4. The number of aliphatic hydroxyl groups is 1. The maximum absolute atomic E-state index is 9.64. The average Bonchev–Trinajstić information content (AvgIpc) is 2.67. The average molecular weight is 197 g/mol. The summed E-state index contributed by atoms with van der Waals surface area (Å²) in [7, 11) is 0. The van der Waals surface area contributed by atoms with Crippen molar-refractivity contribution in [1.82, 2.24) is 9.97 Å². The van der Waals surface area contributed by atoms with Gasteiger partial charge in [-0.25, -0.2) is 4.98 Å². The molecular formula is C10H19N3O. The lowest BCUT2D eigenvalue weighted by Gasteiger charge is -2.14. The molecule has 0 saturated heterocycles. The highest BCUT2D eigenvalue weighted by Gasteiger charge is 2.09. The monoisotopic (exact) mass is 197 g/mol. The van der Waals surface area contributed by atoms with Crippen molar-refractivity contribution in [2.75, 3.05) is 0 Å². The zero-order valence-electron chi connectivity index (χ0n) is 8.61. The van der Waals surface area contributed by atoms with Crippen molar-refractivity contribution in [3.63, 3.8) is 0 Å². The molecule has 1 aromatic heterocycles. The molecule has 0 aromatic carbocycles. The van der Waals surface area contributed by atoms with Crippen LogP contribution in [0.3, 0.4) is 0 Å². The molecule has 0 aliphatic rings. The third-order valence-corrected chi connectivity index (χ3v) is 2.40. The lowest BCUT2D eigenvalue weighted by molar-refractivity contribution is 0.145. The van der Waals surface area contributed by atoms with E-state index in [1.165, 1.54) is 0 Å². The van der Waals surface area contributed by atoms with E-state index in [1.54, 1.807) is 12.5 Å². The van der Waals surface area contributed by atoms with Gasteiger partial charge in [0.15, 0.2) is 0 Å². The van der Waals surface area contributed by atoms with Gasteiger partial charge in [-0.15, -0.1) is 0 Å². The van der Waals surface area contributed by atoms with Gasteiger partial charge in [0, 0.05) is 17.9 Å². The van der Waals surface area contributed by atoms with E-state index in [-0.39, 0.29) is 12.1 Å². The molecule has 1 aromatic rings. The third-order valence-electron chi connectivity index (χ3n) is 2.40. The topological polar surface area (TPSA) is 74.9 Å². The predicted molar refractivity (Wildman–Crippen MR) is 55.8 cm³/mol. The summed E-state index contributed by atoms with van der Waals surface area (Å²) in [5.41, 5.74) is 6.81. The number of aromatic nitrogens is 2. The lowest BCUT2D eigenvalue weighted by atomic mass is 10.0. The minimum Gasteiger partial charge on any atom is -0.393 e. The number of rotatable bonds is 6. The Morgan fingerprint density at radius 2 is 2.43 bits per heavy atom. The number of hydrogen-bond acceptors (Lipinski definition) is 3. The number of hydrogen-bond donors (Lipinski definition) is 3. The van der Waals surface area contributed by atoms with Gasteiger partial charge < -0.3 is 15.8 Å². The number of H-pyrrole nitrogens is 1. The molecule has 0 fully saturated rings. The van der Waals surface area contributed by atoms with Crippen molar-refractivity contribution in [3.8, 4) is 0 Å². The number of aryl methyl sites for hydroxylation is 1. The number of nitrogens with two attached hydrogens (primary N) is 1. The molecule has 0 aliphatic carbocycles. The van der Waals surface area contributed by atoms with Gasteiger partial charge in [0.05, 0.1) is 12.4 Å². The van der Waals surface area contributed by atoms with Crippen LogP contribution in [0.4, 0.5) is 0 Å². The van der Waals surface area contributed by atoms with Crippen LogP contribution in [0, 0.1) is 0 Å². The van der Waals surface area contributed by atoms with Crippen LogP contribution in [0.2, 0.25) is 0 Å². The van der Waals surface area contributed by atoms with Crippen LogP contribution < -0.4 is 5.73 Å². The van der Waals surface area contributed by atoms with Crippen LogP contribution in [0.25, 0.3) is 0 Å². The summed E-state index contributed by atoms with van der Waals surface area (Å²) in [6.45, 7) is 2.03. The highest BCUT2D eigenvalue weighted by atomic mass is 16.3. The molecule has 0 bridgehead atoms. The quantitative estimate of drug-likeness (QED) is 0.632. The van der Waals surface area contributed by atoms with Crippen LogP contribution >= 0.6 is 0 Å². The molecule has 0 radical (unpaired) electrons. The Hall–Kier alpha value is -0.870. The van der Waals surface area contributed by atoms with Crippen LogP contribution in [0.1, 0.15) is 31.9 Å². The van der Waals surface area contributed by atoms with Crippen LogP contribution in [-0.4, -0.2) is 27.2 Å². The first-order valence-corrected chi connectivity index (χ1v) is 5.13. The summed E-state index contributed by atoms with van der Waals surface area (Å²) in [6, 6.07) is 0.117. The highest BCUT2D eigenvalue weighted by Crippen LogP contribution is 2.07. The molecule has 14 heavy (non-hydrogen) atoms. The number of nitrogens with one attached hydrogen (secondary N) is 1. The maximum atomic E-state index is 9.64. The fraction of sp³-hybridized carbons (Fsp3) is 0.700. The molecule has 2 unspecified atom stereocenters. The van der Waals surface area contributed by atoms with Crippen LogP contribution in [-0.2, 0) is 6.42 Å². The summed E-state index contributed by atoms with van der Waals surface area (Å²) < 4.78 is 0. The number of nitrogens with zero attached hydrogens (tertiary/aromatic N) is 1. The van der Waals surface area contributed by atoms with E-state index < -0.39 is 0 Å². The van der Waals surface area contributed by atoms with Gasteiger partial charge in [0.1, 0.15) is 0 Å². The minimum absolute atomic E-state index is 0.117. The Bertz CT molecular complexity index is 236. The first-order chi connectivity index (χ1) is 6.72. The Morgan fingerprint density at radius 3 is 3.00 bits per heavy atom. The fourth-order valence-electron chi connectivity index (χ4n) is 1.38. The zero-order valence-corrected chi connectivity index (χ0v) is 8.61. The van der Waals surface area contributed by atoms with Gasteiger partial charge in [-0.2, -0.15) is 0 Å². The minimum atomic E-state index is -0.298. The van der Waals surface area contributed by atoms with Crippen molar-refractivity contribution in [2.45, 2.75) is 44.8 Å². The Labute approximate surface area is 84.5 Å². The second-order valence-corrected chi connectivity index (χ2v) is 3.67. The van der Waals surface area contributed by atoms with E-state index in [0.717, 1.165) is 25.0 Å². The molecule has 80 valence electrons. The summed E-state index contributed by atoms with van der Waals surface area (Å²) in [4.78, 5) is 6.92. The normalized spacial score (nSPS) is 15.4. The van der Waals surface area contributed by atoms with Crippen LogP contribution in [0.5, 0.6) is 0 Å². The molecule has 4 heteroatoms. The van der Waals surface area contributed by atoms with E-state index in [0.29, 0.717) is 6.42 Å². The summed E-state index contributed by atoms with van der Waals surface area (Å²) in [6.07, 6.45) is 6.32. The van der Waals surface area contributed by atoms with E-state index in [2.05, 4.69) is 9.97 Å². The molecule has 4 N–H and O–H groups in total. The first-order valence-electron chi connectivity index (χ1n) is 5.13. The van der Waals surface area contributed by atoms with Crippen LogP contribution in [0.15, 0.2) is 12.5 Å². The van der Waals surface area contributed by atoms with Gasteiger partial charge in [0.25, 0.3) is 0 Å². The number of aromatic amines is 1. The van der Waals surface area contributed by atoms with Gasteiger partial charge >= 0.3 is 0 Å². The van der Waals surface area contributed by atoms with Gasteiger partial charge in [-0.3, -0.25) is 0 Å². The first kappa shape index (κ1) is 11.2. The van der Waals surface area contributed by atoms with Crippen molar-refractivity contribution < 1.29 is 5.11 Å². The summed E-state index contributed by atoms with van der Waals surface area (Å²) in [5, 5.41) is 9.64. The molecule has 0 saturated carbocycles. The maximum Gasteiger partial charge on any atom is 0.0921 e. The third kappa shape index (κ3) is 3.89. The van der Waals surface area contributed by atoms with Gasteiger partial charge in [-0.1, -0.05) is 6.92 Å². The number of aliphatic hydroxyl groups excluding tert-OH is 1. The van der Waals surface area contributed by atoms with E-state index >= 15 is 0 Å². The Balaban J connectivity index is 2.18. The summed E-state index contributed by atoms with van der Waals surface area (Å²) >= 11 is 0. The SMILES string of the molecule is CCC(N)CC(O)CCc1cnc[nH]1. The Morgan fingerprint density at radius 1 is 1.64 bits per heavy atom. The second-order valence-electron chi connectivity index (χ2n) is 3.67. The molecule has 1 heterocycles. The fourth-order valence-corrected chi connectivity index (χ4v) is 1.38. The van der Waals surface area contributed by atoms with E-state index in [4.69, 9.17) is 5.73 Å². The van der Waals surface area contributed by atoms with Crippen molar-refractivity contribution in [1.29, 1.82) is 0 Å². The van der Waals surface area contributed by atoms with E-state index in [1.807, 2.05) is 6.92 Å². The Kier molecular flexibility index (Phi) is 4.62. The predicted octanol–water partition coefficient (Wildman–Crippen LogP) is 0.831. The number of imidazole rings is 1. The van der Waals surface area contributed by atoms with Crippen molar-refractivity contribution in [2.24, 2.45) is 5.73 Å². The van der Waals surface area contributed by atoms with Crippen molar-refractivity contribution >= 4 is 0 Å². The molecule has 2 atom stereocenters. The molecule has 0 amide bonds. The van der Waals surface area contributed by atoms with Gasteiger partial charge in [0.2, 0.25) is 0 Å². The molecule has 0 aliphatic heterocycles. The molecule has 0 spiro atoms. The van der Waals surface area contributed by atoms with Gasteiger partial charge in [-0.05, 0) is 25.7 Å². The second kappa shape index (κ2) is 5.78. The highest BCUT2D eigenvalue weighted by molar-refractivity contribution is 4.94. The molecule has 1 rings (SSSR count). The smallest absolute Gasteiger partial charge is 0.0921 e. The van der Waals surface area contributed by atoms with Crippen molar-refractivity contribution in [3.05, 3.63) is 18.2 Å². The largest absolute Gasteiger partial charge is 0.393 e. The lowest BCUT2D eigenvalue weighted by Crippen LogP contribution is -2.25. The summed E-state index contributed by atoms with van der Waals surface area (Å²) in [5.74, 6) is 0.